The Morgan fingerprint density at radius 1 is 1.14 bits per heavy atom. The molecule has 1 amide bonds. The Kier molecular flexibility index (Phi) is 5.04. The van der Waals surface area contributed by atoms with E-state index in [-0.39, 0.29) is 5.91 Å². The molecule has 1 unspecified atom stereocenters. The van der Waals surface area contributed by atoms with Crippen molar-refractivity contribution in [2.45, 2.75) is 13.0 Å². The van der Waals surface area contributed by atoms with Crippen LogP contribution in [0.2, 0.25) is 0 Å². The minimum Gasteiger partial charge on any atom is -0.362 e. The van der Waals surface area contributed by atoms with Crippen LogP contribution in [-0.4, -0.2) is 16.4 Å². The monoisotopic (exact) mass is 343 g/mol. The van der Waals surface area contributed by atoms with E-state index >= 15 is 0 Å². The predicted molar refractivity (Wildman–Crippen MR) is 85.1 cm³/mol. The first-order valence-corrected chi connectivity index (χ1v) is 7.21. The molecule has 21 heavy (non-hydrogen) atoms. The van der Waals surface area contributed by atoms with Crippen LogP contribution in [0.3, 0.4) is 0 Å². The summed E-state index contributed by atoms with van der Waals surface area (Å²) in [5, 5.41) is 2.87. The van der Waals surface area contributed by atoms with E-state index in [0.717, 1.165) is 10.0 Å². The van der Waals surface area contributed by atoms with Gasteiger partial charge in [-0.25, -0.2) is 0 Å². The lowest BCUT2D eigenvalue weighted by Gasteiger charge is -2.14. The number of carbonyl (C=O) groups is 1. The summed E-state index contributed by atoms with van der Waals surface area (Å²) in [5.41, 5.74) is 10.8. The lowest BCUT2D eigenvalue weighted by Crippen LogP contribution is -2.33. The first-order chi connectivity index (χ1) is 10.1. The number of benzene rings is 2. The molecule has 0 aliphatic carbocycles. The Bertz CT molecular complexity index is 676. The number of hydrogen-bond donors (Lipinski definition) is 1. The largest absolute Gasteiger partial charge is 0.362 e. The van der Waals surface area contributed by atoms with Gasteiger partial charge in [0.25, 0.3) is 11.6 Å². The third kappa shape index (κ3) is 3.88. The Labute approximate surface area is 131 Å². The van der Waals surface area contributed by atoms with Crippen LogP contribution in [-0.2, 0) is 0 Å². The molecular formula is C16H14BrN3O. The zero-order valence-corrected chi connectivity index (χ0v) is 13.0. The van der Waals surface area contributed by atoms with E-state index in [4.69, 9.17) is 5.53 Å². The predicted octanol–water partition coefficient (Wildman–Crippen LogP) is 3.61. The van der Waals surface area contributed by atoms with Gasteiger partial charge in [0, 0.05) is 17.0 Å². The second-order valence-electron chi connectivity index (χ2n) is 4.57. The molecule has 0 fully saturated rings. The normalized spacial score (nSPS) is 11.3. The topological polar surface area (TPSA) is 65.5 Å². The van der Waals surface area contributed by atoms with Crippen molar-refractivity contribution in [3.63, 3.8) is 0 Å². The van der Waals surface area contributed by atoms with Gasteiger partial charge in [0.05, 0.1) is 0 Å². The number of carbonyl (C=O) groups excluding carboxylic acids is 1. The average molecular weight is 344 g/mol. The number of hydrogen-bond acceptors (Lipinski definition) is 1. The van der Waals surface area contributed by atoms with Gasteiger partial charge in [-0.3, -0.25) is 4.79 Å². The Morgan fingerprint density at radius 3 is 2.33 bits per heavy atom. The Balaban J connectivity index is 2.25. The van der Waals surface area contributed by atoms with E-state index in [1.54, 1.807) is 31.2 Å². The molecule has 0 spiro atoms. The highest BCUT2D eigenvalue weighted by Crippen LogP contribution is 2.16. The number of nitrogens with one attached hydrogen (secondary N) is 1. The zero-order valence-electron chi connectivity index (χ0n) is 11.5. The SMILES string of the molecule is CC(=[N+]=[N-])C(NC(=O)c1ccc(Br)cc1)c1ccccc1. The highest BCUT2D eigenvalue weighted by Gasteiger charge is 2.23. The molecule has 4 nitrogen and oxygen atoms in total. The van der Waals surface area contributed by atoms with Gasteiger partial charge in [0.1, 0.15) is 0 Å². The summed E-state index contributed by atoms with van der Waals surface area (Å²) in [4.78, 5) is 15.5. The van der Waals surface area contributed by atoms with Crippen LogP contribution in [0.4, 0.5) is 0 Å². The number of nitrogens with zero attached hydrogens (tertiary/aromatic N) is 2. The van der Waals surface area contributed by atoms with E-state index in [1.807, 2.05) is 30.3 Å². The first-order valence-electron chi connectivity index (χ1n) is 6.41. The molecule has 5 heteroatoms. The van der Waals surface area contributed by atoms with Gasteiger partial charge in [-0.1, -0.05) is 46.3 Å². The molecule has 106 valence electrons. The fourth-order valence-electron chi connectivity index (χ4n) is 1.95. The van der Waals surface area contributed by atoms with Crippen molar-refractivity contribution < 1.29 is 9.58 Å². The van der Waals surface area contributed by atoms with E-state index in [1.165, 1.54) is 0 Å². The van der Waals surface area contributed by atoms with Gasteiger partial charge in [-0.2, -0.15) is 4.79 Å². The quantitative estimate of drug-likeness (QED) is 0.514. The molecule has 0 radical (unpaired) electrons. The summed E-state index contributed by atoms with van der Waals surface area (Å²) >= 11 is 3.33. The fourth-order valence-corrected chi connectivity index (χ4v) is 2.21. The summed E-state index contributed by atoms with van der Waals surface area (Å²) in [6.45, 7) is 1.67. The molecule has 2 aromatic rings. The van der Waals surface area contributed by atoms with Crippen molar-refractivity contribution in [1.82, 2.24) is 5.32 Å². The van der Waals surface area contributed by atoms with Gasteiger partial charge in [-0.15, -0.1) is 0 Å². The molecule has 0 bridgehead atoms. The van der Waals surface area contributed by atoms with Crippen molar-refractivity contribution in [2.75, 3.05) is 0 Å². The van der Waals surface area contributed by atoms with Crippen LogP contribution < -0.4 is 5.32 Å². The van der Waals surface area contributed by atoms with Crippen molar-refractivity contribution >= 4 is 27.5 Å². The van der Waals surface area contributed by atoms with Crippen molar-refractivity contribution in [3.8, 4) is 0 Å². The van der Waals surface area contributed by atoms with Crippen LogP contribution in [0.1, 0.15) is 28.9 Å². The van der Waals surface area contributed by atoms with Gasteiger partial charge in [0.2, 0.25) is 0 Å². The molecule has 0 saturated heterocycles. The van der Waals surface area contributed by atoms with Crippen LogP contribution in [0, 0.1) is 0 Å². The second-order valence-corrected chi connectivity index (χ2v) is 5.48. The molecular weight excluding hydrogens is 330 g/mol. The van der Waals surface area contributed by atoms with Gasteiger partial charge < -0.3 is 10.8 Å². The smallest absolute Gasteiger partial charge is 0.292 e. The second kappa shape index (κ2) is 6.97. The minimum atomic E-state index is -0.465. The standard InChI is InChI=1S/C16H14BrN3O/c1-11(20-18)15(12-5-3-2-4-6-12)19-16(21)13-7-9-14(17)10-8-13/h2-10,15H,1H3,(H,19,21). The van der Waals surface area contributed by atoms with Crippen molar-refractivity contribution in [3.05, 3.63) is 75.7 Å². The summed E-state index contributed by atoms with van der Waals surface area (Å²) < 4.78 is 0.909. The Morgan fingerprint density at radius 2 is 1.76 bits per heavy atom. The third-order valence-electron chi connectivity index (χ3n) is 3.09. The number of halogens is 1. The molecule has 0 saturated carbocycles. The summed E-state index contributed by atoms with van der Waals surface area (Å²) in [6, 6.07) is 16.0. The average Bonchev–Trinajstić information content (AvgIpc) is 2.53. The molecule has 2 rings (SSSR count). The summed E-state index contributed by atoms with van der Waals surface area (Å²) in [5.74, 6) is -0.223. The lowest BCUT2D eigenvalue weighted by atomic mass is 10.0. The van der Waals surface area contributed by atoms with E-state index < -0.39 is 6.04 Å². The van der Waals surface area contributed by atoms with Gasteiger partial charge in [-0.05, 0) is 29.8 Å². The molecule has 2 aromatic carbocycles. The van der Waals surface area contributed by atoms with E-state index in [0.29, 0.717) is 11.3 Å². The molecule has 0 aliphatic rings. The molecule has 1 atom stereocenters. The summed E-state index contributed by atoms with van der Waals surface area (Å²) in [7, 11) is 0. The maximum atomic E-state index is 12.3. The molecule has 0 aliphatic heterocycles. The Hall–Kier alpha value is -2.23. The molecule has 0 heterocycles. The number of amides is 1. The highest BCUT2D eigenvalue weighted by molar-refractivity contribution is 9.10. The molecule has 0 aromatic heterocycles. The molecule has 1 N–H and O–H groups in total. The van der Waals surface area contributed by atoms with Crippen molar-refractivity contribution in [1.29, 1.82) is 0 Å². The lowest BCUT2D eigenvalue weighted by molar-refractivity contribution is -0.0116. The maximum Gasteiger partial charge on any atom is 0.292 e. The number of rotatable bonds is 4. The first kappa shape index (κ1) is 15.2. The maximum absolute atomic E-state index is 12.3. The van der Waals surface area contributed by atoms with Crippen LogP contribution in [0.15, 0.2) is 59.1 Å². The third-order valence-corrected chi connectivity index (χ3v) is 3.62. The van der Waals surface area contributed by atoms with Crippen LogP contribution in [0.5, 0.6) is 0 Å². The van der Waals surface area contributed by atoms with Crippen molar-refractivity contribution in [2.24, 2.45) is 0 Å². The highest BCUT2D eigenvalue weighted by atomic mass is 79.9. The van der Waals surface area contributed by atoms with Gasteiger partial charge in [0.15, 0.2) is 6.04 Å². The van der Waals surface area contributed by atoms with E-state index in [2.05, 4.69) is 26.0 Å². The van der Waals surface area contributed by atoms with Crippen LogP contribution >= 0.6 is 15.9 Å². The van der Waals surface area contributed by atoms with Crippen LogP contribution in [0.25, 0.3) is 5.53 Å². The fraction of sp³-hybridized carbons (Fsp3) is 0.125. The van der Waals surface area contributed by atoms with E-state index in [9.17, 15) is 4.79 Å². The summed E-state index contributed by atoms with van der Waals surface area (Å²) in [6.07, 6.45) is 0. The minimum absolute atomic E-state index is 0.223. The van der Waals surface area contributed by atoms with Gasteiger partial charge >= 0.3 is 0 Å². The zero-order chi connectivity index (χ0) is 15.2.